The van der Waals surface area contributed by atoms with E-state index < -0.39 is 0 Å². The standard InChI is InChI=1S/C14H11NO3/c16-9-1-3-11-8(5-9)7-15-14(18)13-6-10(17)2-4-12(11)13/h1-6,16-17H,7H2,(H,15,18). The Morgan fingerprint density at radius 1 is 0.889 bits per heavy atom. The van der Waals surface area contributed by atoms with Gasteiger partial charge in [0, 0.05) is 6.54 Å². The summed E-state index contributed by atoms with van der Waals surface area (Å²) in [6.45, 7) is 0.359. The molecule has 1 amide bonds. The van der Waals surface area contributed by atoms with Gasteiger partial charge in [-0.25, -0.2) is 0 Å². The summed E-state index contributed by atoms with van der Waals surface area (Å²) in [5.41, 5.74) is 2.95. The topological polar surface area (TPSA) is 69.6 Å². The van der Waals surface area contributed by atoms with Crippen LogP contribution < -0.4 is 5.32 Å². The molecule has 4 heteroatoms. The summed E-state index contributed by atoms with van der Waals surface area (Å²) >= 11 is 0. The summed E-state index contributed by atoms with van der Waals surface area (Å²) in [6.07, 6.45) is 0. The van der Waals surface area contributed by atoms with Gasteiger partial charge in [-0.1, -0.05) is 6.07 Å². The van der Waals surface area contributed by atoms with Crippen LogP contribution in [-0.4, -0.2) is 16.1 Å². The number of carbonyl (C=O) groups is 1. The third-order valence-corrected chi connectivity index (χ3v) is 3.07. The summed E-state index contributed by atoms with van der Waals surface area (Å²) in [7, 11) is 0. The molecular weight excluding hydrogens is 230 g/mol. The number of rotatable bonds is 0. The highest BCUT2D eigenvalue weighted by atomic mass is 16.3. The Balaban J connectivity index is 2.30. The molecule has 0 atom stereocenters. The van der Waals surface area contributed by atoms with Crippen molar-refractivity contribution in [1.29, 1.82) is 0 Å². The predicted molar refractivity (Wildman–Crippen MR) is 66.4 cm³/mol. The van der Waals surface area contributed by atoms with Crippen molar-refractivity contribution < 1.29 is 15.0 Å². The van der Waals surface area contributed by atoms with Crippen LogP contribution in [-0.2, 0) is 6.54 Å². The third-order valence-electron chi connectivity index (χ3n) is 3.07. The lowest BCUT2D eigenvalue weighted by atomic mass is 9.96. The molecule has 18 heavy (non-hydrogen) atoms. The zero-order valence-electron chi connectivity index (χ0n) is 9.47. The van der Waals surface area contributed by atoms with Gasteiger partial charge in [0.15, 0.2) is 0 Å². The summed E-state index contributed by atoms with van der Waals surface area (Å²) in [5, 5.41) is 21.7. The molecule has 0 bridgehead atoms. The van der Waals surface area contributed by atoms with Gasteiger partial charge in [-0.15, -0.1) is 0 Å². The smallest absolute Gasteiger partial charge is 0.252 e. The predicted octanol–water partition coefficient (Wildman–Crippen LogP) is 2.01. The van der Waals surface area contributed by atoms with Crippen LogP contribution in [0.25, 0.3) is 11.1 Å². The van der Waals surface area contributed by atoms with Crippen LogP contribution in [0.3, 0.4) is 0 Å². The fourth-order valence-corrected chi connectivity index (χ4v) is 2.21. The molecule has 2 aromatic carbocycles. The van der Waals surface area contributed by atoms with Crippen LogP contribution in [0.15, 0.2) is 36.4 Å². The number of phenolic OH excluding ortho intramolecular Hbond substituents is 2. The zero-order valence-corrected chi connectivity index (χ0v) is 9.47. The molecule has 0 radical (unpaired) electrons. The van der Waals surface area contributed by atoms with Gasteiger partial charge in [0.1, 0.15) is 11.5 Å². The Morgan fingerprint density at radius 2 is 1.56 bits per heavy atom. The lowest BCUT2D eigenvalue weighted by Gasteiger charge is -2.08. The highest BCUT2D eigenvalue weighted by Crippen LogP contribution is 2.33. The fourth-order valence-electron chi connectivity index (χ4n) is 2.21. The van der Waals surface area contributed by atoms with Crippen LogP contribution in [0, 0.1) is 0 Å². The van der Waals surface area contributed by atoms with Crippen LogP contribution in [0.1, 0.15) is 15.9 Å². The number of hydrogen-bond donors (Lipinski definition) is 3. The maximum absolute atomic E-state index is 11.9. The maximum Gasteiger partial charge on any atom is 0.252 e. The Kier molecular flexibility index (Phi) is 2.23. The quantitative estimate of drug-likeness (QED) is 0.660. The molecule has 0 aliphatic carbocycles. The minimum atomic E-state index is -0.225. The van der Waals surface area contributed by atoms with E-state index in [2.05, 4.69) is 5.32 Å². The van der Waals surface area contributed by atoms with Crippen molar-refractivity contribution in [2.45, 2.75) is 6.54 Å². The second-order valence-electron chi connectivity index (χ2n) is 4.25. The molecular formula is C14H11NO3. The summed E-state index contributed by atoms with van der Waals surface area (Å²) in [5.74, 6) is 0.00736. The molecule has 0 spiro atoms. The molecule has 4 nitrogen and oxygen atoms in total. The summed E-state index contributed by atoms with van der Waals surface area (Å²) in [4.78, 5) is 11.9. The molecule has 1 heterocycles. The van der Waals surface area contributed by atoms with Crippen molar-refractivity contribution in [3.63, 3.8) is 0 Å². The molecule has 3 N–H and O–H groups in total. The van der Waals surface area contributed by atoms with E-state index in [0.29, 0.717) is 12.1 Å². The SMILES string of the molecule is O=C1NCc2cc(O)ccc2-c2ccc(O)cc21. The van der Waals surface area contributed by atoms with Crippen LogP contribution in [0.2, 0.25) is 0 Å². The van der Waals surface area contributed by atoms with E-state index in [0.717, 1.165) is 16.7 Å². The number of fused-ring (bicyclic) bond motifs is 3. The van der Waals surface area contributed by atoms with Crippen molar-refractivity contribution in [2.75, 3.05) is 0 Å². The van der Waals surface area contributed by atoms with Gasteiger partial charge in [0.25, 0.3) is 5.91 Å². The number of aromatic hydroxyl groups is 2. The first-order valence-electron chi connectivity index (χ1n) is 5.58. The van der Waals surface area contributed by atoms with E-state index in [4.69, 9.17) is 0 Å². The lowest BCUT2D eigenvalue weighted by Crippen LogP contribution is -2.21. The number of nitrogens with one attached hydrogen (secondary N) is 1. The van der Waals surface area contributed by atoms with Crippen LogP contribution in [0.5, 0.6) is 11.5 Å². The minimum Gasteiger partial charge on any atom is -0.508 e. The van der Waals surface area contributed by atoms with Crippen molar-refractivity contribution in [3.05, 3.63) is 47.5 Å². The second kappa shape index (κ2) is 3.77. The molecule has 90 valence electrons. The van der Waals surface area contributed by atoms with Gasteiger partial charge >= 0.3 is 0 Å². The lowest BCUT2D eigenvalue weighted by molar-refractivity contribution is 0.0952. The molecule has 2 aromatic rings. The van der Waals surface area contributed by atoms with Gasteiger partial charge in [-0.3, -0.25) is 4.79 Å². The Morgan fingerprint density at radius 3 is 2.33 bits per heavy atom. The van der Waals surface area contributed by atoms with E-state index in [1.807, 2.05) is 0 Å². The fraction of sp³-hybridized carbons (Fsp3) is 0.0714. The Labute approximate surface area is 104 Å². The Bertz CT molecular complexity index is 649. The van der Waals surface area contributed by atoms with E-state index in [1.165, 1.54) is 6.07 Å². The van der Waals surface area contributed by atoms with Crippen molar-refractivity contribution in [2.24, 2.45) is 0 Å². The van der Waals surface area contributed by atoms with Crippen molar-refractivity contribution >= 4 is 5.91 Å². The van der Waals surface area contributed by atoms with Gasteiger partial charge < -0.3 is 15.5 Å². The van der Waals surface area contributed by atoms with E-state index in [1.54, 1.807) is 30.3 Å². The number of benzene rings is 2. The monoisotopic (exact) mass is 241 g/mol. The van der Waals surface area contributed by atoms with Gasteiger partial charge in [-0.2, -0.15) is 0 Å². The molecule has 0 aromatic heterocycles. The van der Waals surface area contributed by atoms with Crippen molar-refractivity contribution in [3.8, 4) is 22.6 Å². The van der Waals surface area contributed by atoms with E-state index >= 15 is 0 Å². The number of carbonyl (C=O) groups excluding carboxylic acids is 1. The number of hydrogen-bond acceptors (Lipinski definition) is 3. The molecule has 1 aliphatic rings. The molecule has 0 fully saturated rings. The first kappa shape index (κ1) is 10.7. The zero-order chi connectivity index (χ0) is 12.7. The van der Waals surface area contributed by atoms with E-state index in [-0.39, 0.29) is 17.4 Å². The minimum absolute atomic E-state index is 0.0612. The normalized spacial score (nSPS) is 13.2. The molecule has 0 saturated carbocycles. The van der Waals surface area contributed by atoms with Crippen LogP contribution in [0.4, 0.5) is 0 Å². The molecule has 0 saturated heterocycles. The Hall–Kier alpha value is -2.49. The first-order chi connectivity index (χ1) is 8.65. The van der Waals surface area contributed by atoms with E-state index in [9.17, 15) is 15.0 Å². The largest absolute Gasteiger partial charge is 0.508 e. The molecule has 3 rings (SSSR count). The van der Waals surface area contributed by atoms with Crippen LogP contribution >= 0.6 is 0 Å². The number of amides is 1. The highest BCUT2D eigenvalue weighted by molar-refractivity contribution is 6.02. The van der Waals surface area contributed by atoms with Crippen molar-refractivity contribution in [1.82, 2.24) is 5.32 Å². The average molecular weight is 241 g/mol. The van der Waals surface area contributed by atoms with Gasteiger partial charge in [-0.05, 0) is 47.0 Å². The molecule has 0 unspecified atom stereocenters. The molecule has 1 aliphatic heterocycles. The second-order valence-corrected chi connectivity index (χ2v) is 4.25. The summed E-state index contributed by atoms with van der Waals surface area (Å²) < 4.78 is 0. The maximum atomic E-state index is 11.9. The first-order valence-corrected chi connectivity index (χ1v) is 5.58. The number of phenols is 2. The third kappa shape index (κ3) is 1.59. The van der Waals surface area contributed by atoms with Gasteiger partial charge in [0.2, 0.25) is 0 Å². The highest BCUT2D eigenvalue weighted by Gasteiger charge is 2.20. The van der Waals surface area contributed by atoms with Gasteiger partial charge in [0.05, 0.1) is 5.56 Å². The average Bonchev–Trinajstić information content (AvgIpc) is 2.48. The summed E-state index contributed by atoms with van der Waals surface area (Å²) in [6, 6.07) is 9.72.